The second-order valence-electron chi connectivity index (χ2n) is 5.57. The van der Waals surface area contributed by atoms with Crippen molar-refractivity contribution in [1.29, 1.82) is 0 Å². The summed E-state index contributed by atoms with van der Waals surface area (Å²) in [5.74, 6) is 0.434. The molecule has 2 unspecified atom stereocenters. The molecule has 1 aliphatic rings. The van der Waals surface area contributed by atoms with Gasteiger partial charge in [-0.1, -0.05) is 6.07 Å². The van der Waals surface area contributed by atoms with Crippen LogP contribution in [-0.2, 0) is 6.54 Å². The number of nitrogens with two attached hydrogens (primary N) is 1. The van der Waals surface area contributed by atoms with E-state index in [1.165, 1.54) is 24.5 Å². The molecule has 3 heteroatoms. The average Bonchev–Trinajstić information content (AvgIpc) is 2.34. The summed E-state index contributed by atoms with van der Waals surface area (Å²) in [6.07, 6.45) is 2.41. The monoisotopic (exact) mass is 250 g/mol. The number of nitrogens with zero attached hydrogens (tertiary/aromatic N) is 1. The summed E-state index contributed by atoms with van der Waals surface area (Å²) in [6, 6.07) is 5.30. The Morgan fingerprint density at radius 3 is 3.00 bits per heavy atom. The van der Waals surface area contributed by atoms with Crippen LogP contribution in [0.2, 0.25) is 0 Å². The maximum absolute atomic E-state index is 13.3. The van der Waals surface area contributed by atoms with Crippen LogP contribution in [-0.4, -0.2) is 24.0 Å². The number of rotatable bonds is 3. The Kier molecular flexibility index (Phi) is 4.36. The van der Waals surface area contributed by atoms with Crippen molar-refractivity contribution in [2.24, 2.45) is 11.7 Å². The fraction of sp³-hybridized carbons (Fsp3) is 0.600. The van der Waals surface area contributed by atoms with E-state index in [-0.39, 0.29) is 11.9 Å². The van der Waals surface area contributed by atoms with Gasteiger partial charge in [-0.15, -0.1) is 0 Å². The second kappa shape index (κ2) is 5.81. The molecule has 1 aliphatic heterocycles. The standard InChI is InChI=1S/C15H23FN2/c1-11-5-6-15(16)8-14(11)10-18-7-3-4-13(9-18)12(2)17/h5-6,8,12-13H,3-4,7,9-10,17H2,1-2H3. The lowest BCUT2D eigenvalue weighted by atomic mass is 9.92. The lowest BCUT2D eigenvalue weighted by Gasteiger charge is -2.34. The third kappa shape index (κ3) is 3.30. The zero-order chi connectivity index (χ0) is 13.1. The van der Waals surface area contributed by atoms with Crippen LogP contribution in [0.4, 0.5) is 4.39 Å². The Labute approximate surface area is 109 Å². The zero-order valence-electron chi connectivity index (χ0n) is 11.3. The molecule has 18 heavy (non-hydrogen) atoms. The fourth-order valence-electron chi connectivity index (χ4n) is 2.72. The van der Waals surface area contributed by atoms with Crippen LogP contribution in [0.1, 0.15) is 30.9 Å². The van der Waals surface area contributed by atoms with E-state index in [0.29, 0.717) is 5.92 Å². The van der Waals surface area contributed by atoms with Gasteiger partial charge in [0.05, 0.1) is 0 Å². The van der Waals surface area contributed by atoms with Crippen LogP contribution < -0.4 is 5.73 Å². The molecule has 0 bridgehead atoms. The van der Waals surface area contributed by atoms with Crippen LogP contribution in [0.3, 0.4) is 0 Å². The zero-order valence-corrected chi connectivity index (χ0v) is 11.3. The molecule has 100 valence electrons. The summed E-state index contributed by atoms with van der Waals surface area (Å²) >= 11 is 0. The molecule has 1 aromatic carbocycles. The van der Waals surface area contributed by atoms with E-state index in [4.69, 9.17) is 5.73 Å². The molecule has 0 radical (unpaired) electrons. The first-order chi connectivity index (χ1) is 8.56. The molecule has 1 fully saturated rings. The Hall–Kier alpha value is -0.930. The van der Waals surface area contributed by atoms with Crippen molar-refractivity contribution < 1.29 is 4.39 Å². The van der Waals surface area contributed by atoms with E-state index in [1.807, 2.05) is 13.0 Å². The highest BCUT2D eigenvalue weighted by molar-refractivity contribution is 5.26. The first kappa shape index (κ1) is 13.5. The maximum atomic E-state index is 13.3. The Bertz CT molecular complexity index is 403. The minimum Gasteiger partial charge on any atom is -0.328 e. The third-order valence-electron chi connectivity index (χ3n) is 3.99. The van der Waals surface area contributed by atoms with Gasteiger partial charge in [-0.25, -0.2) is 4.39 Å². The van der Waals surface area contributed by atoms with Gasteiger partial charge in [-0.05, 0) is 62.4 Å². The Morgan fingerprint density at radius 1 is 1.50 bits per heavy atom. The third-order valence-corrected chi connectivity index (χ3v) is 3.99. The van der Waals surface area contributed by atoms with Gasteiger partial charge in [0.2, 0.25) is 0 Å². The van der Waals surface area contributed by atoms with Crippen molar-refractivity contribution >= 4 is 0 Å². The summed E-state index contributed by atoms with van der Waals surface area (Å²) < 4.78 is 13.3. The van der Waals surface area contributed by atoms with E-state index in [9.17, 15) is 4.39 Å². The summed E-state index contributed by atoms with van der Waals surface area (Å²) in [4.78, 5) is 2.40. The van der Waals surface area contributed by atoms with Crippen LogP contribution in [0, 0.1) is 18.7 Å². The highest BCUT2D eigenvalue weighted by Crippen LogP contribution is 2.21. The smallest absolute Gasteiger partial charge is 0.123 e. The number of piperidine rings is 1. The van der Waals surface area contributed by atoms with Crippen molar-refractivity contribution in [2.45, 2.75) is 39.3 Å². The fourth-order valence-corrected chi connectivity index (χ4v) is 2.72. The van der Waals surface area contributed by atoms with Crippen molar-refractivity contribution in [3.05, 3.63) is 35.1 Å². The van der Waals surface area contributed by atoms with Crippen molar-refractivity contribution in [3.63, 3.8) is 0 Å². The van der Waals surface area contributed by atoms with Crippen molar-refractivity contribution in [1.82, 2.24) is 4.90 Å². The quantitative estimate of drug-likeness (QED) is 0.893. The van der Waals surface area contributed by atoms with Gasteiger partial charge in [0.1, 0.15) is 5.82 Å². The first-order valence-corrected chi connectivity index (χ1v) is 6.79. The molecule has 0 amide bonds. The Morgan fingerprint density at radius 2 is 2.28 bits per heavy atom. The molecular formula is C15H23FN2. The predicted octanol–water partition coefficient (Wildman–Crippen LogP) is 2.69. The van der Waals surface area contributed by atoms with E-state index >= 15 is 0 Å². The van der Waals surface area contributed by atoms with Crippen molar-refractivity contribution in [3.8, 4) is 0 Å². The lowest BCUT2D eigenvalue weighted by molar-refractivity contribution is 0.154. The number of aryl methyl sites for hydroxylation is 1. The molecular weight excluding hydrogens is 227 g/mol. The molecule has 2 nitrogen and oxygen atoms in total. The maximum Gasteiger partial charge on any atom is 0.123 e. The van der Waals surface area contributed by atoms with Crippen LogP contribution >= 0.6 is 0 Å². The summed E-state index contributed by atoms with van der Waals surface area (Å²) in [7, 11) is 0. The highest BCUT2D eigenvalue weighted by Gasteiger charge is 2.22. The van der Waals surface area contributed by atoms with Crippen LogP contribution in [0.25, 0.3) is 0 Å². The van der Waals surface area contributed by atoms with E-state index in [0.717, 1.165) is 25.2 Å². The second-order valence-corrected chi connectivity index (χ2v) is 5.57. The van der Waals surface area contributed by atoms with Gasteiger partial charge >= 0.3 is 0 Å². The van der Waals surface area contributed by atoms with E-state index < -0.39 is 0 Å². The highest BCUT2D eigenvalue weighted by atomic mass is 19.1. The van der Waals surface area contributed by atoms with Crippen molar-refractivity contribution in [2.75, 3.05) is 13.1 Å². The molecule has 1 aromatic rings. The molecule has 2 rings (SSSR count). The largest absolute Gasteiger partial charge is 0.328 e. The molecule has 1 heterocycles. The normalized spacial score (nSPS) is 23.0. The lowest BCUT2D eigenvalue weighted by Crippen LogP contribution is -2.42. The minimum absolute atomic E-state index is 0.142. The summed E-state index contributed by atoms with van der Waals surface area (Å²) in [5, 5.41) is 0. The Balaban J connectivity index is 2.02. The number of hydrogen-bond acceptors (Lipinski definition) is 2. The van der Waals surface area contributed by atoms with Gasteiger partial charge in [0.25, 0.3) is 0 Å². The van der Waals surface area contributed by atoms with Gasteiger partial charge in [-0.3, -0.25) is 4.90 Å². The number of halogens is 1. The van der Waals surface area contributed by atoms with E-state index in [1.54, 1.807) is 6.07 Å². The minimum atomic E-state index is -0.142. The van der Waals surface area contributed by atoms with Gasteiger partial charge in [-0.2, -0.15) is 0 Å². The average molecular weight is 250 g/mol. The first-order valence-electron chi connectivity index (χ1n) is 6.79. The van der Waals surface area contributed by atoms with Gasteiger partial charge < -0.3 is 5.73 Å². The summed E-state index contributed by atoms with van der Waals surface area (Å²) in [5.41, 5.74) is 8.25. The summed E-state index contributed by atoms with van der Waals surface area (Å²) in [6.45, 7) is 7.10. The molecule has 2 N–H and O–H groups in total. The van der Waals surface area contributed by atoms with E-state index in [2.05, 4.69) is 11.8 Å². The number of benzene rings is 1. The predicted molar refractivity (Wildman–Crippen MR) is 72.8 cm³/mol. The van der Waals surface area contributed by atoms with Gasteiger partial charge in [0, 0.05) is 19.1 Å². The molecule has 0 aromatic heterocycles. The SMILES string of the molecule is Cc1ccc(F)cc1CN1CCCC(C(C)N)C1. The molecule has 0 spiro atoms. The molecule has 0 aliphatic carbocycles. The molecule has 1 saturated heterocycles. The molecule has 2 atom stereocenters. The van der Waals surface area contributed by atoms with Gasteiger partial charge in [0.15, 0.2) is 0 Å². The number of likely N-dealkylation sites (tertiary alicyclic amines) is 1. The topological polar surface area (TPSA) is 29.3 Å². The van der Waals surface area contributed by atoms with Crippen LogP contribution in [0.5, 0.6) is 0 Å². The molecule has 0 saturated carbocycles. The van der Waals surface area contributed by atoms with Crippen LogP contribution in [0.15, 0.2) is 18.2 Å². The number of hydrogen-bond donors (Lipinski definition) is 1.